The largest absolute Gasteiger partial charge is 0.354 e. The van der Waals surface area contributed by atoms with Crippen molar-refractivity contribution in [1.82, 2.24) is 9.97 Å². The van der Waals surface area contributed by atoms with Crippen molar-refractivity contribution >= 4 is 28.6 Å². The number of halogens is 2. The van der Waals surface area contributed by atoms with Gasteiger partial charge in [0.2, 0.25) is 0 Å². The molecule has 1 aliphatic rings. The van der Waals surface area contributed by atoms with E-state index < -0.39 is 17.5 Å². The van der Waals surface area contributed by atoms with Crippen LogP contribution < -0.4 is 10.2 Å². The van der Waals surface area contributed by atoms with Crippen molar-refractivity contribution in [2.75, 3.05) is 23.3 Å². The number of benzene rings is 2. The topological polar surface area (TPSA) is 58.1 Å². The highest BCUT2D eigenvalue weighted by molar-refractivity contribution is 6.05. The van der Waals surface area contributed by atoms with Crippen molar-refractivity contribution in [3.8, 4) is 0 Å². The Morgan fingerprint density at radius 2 is 1.65 bits per heavy atom. The van der Waals surface area contributed by atoms with Crippen molar-refractivity contribution in [3.05, 3.63) is 59.7 Å². The first-order chi connectivity index (χ1) is 12.6. The molecule has 3 aromatic rings. The van der Waals surface area contributed by atoms with Crippen LogP contribution in [0.4, 0.5) is 20.4 Å². The van der Waals surface area contributed by atoms with Gasteiger partial charge in [0, 0.05) is 18.7 Å². The van der Waals surface area contributed by atoms with Crippen LogP contribution in [0.5, 0.6) is 0 Å². The molecule has 0 atom stereocenters. The Labute approximate surface area is 148 Å². The van der Waals surface area contributed by atoms with Gasteiger partial charge >= 0.3 is 0 Å². The Kier molecular flexibility index (Phi) is 4.20. The van der Waals surface area contributed by atoms with E-state index in [0.717, 1.165) is 43.6 Å². The van der Waals surface area contributed by atoms with Gasteiger partial charge in [0.15, 0.2) is 23.3 Å². The lowest BCUT2D eigenvalue weighted by molar-refractivity contribution is 0.102. The maximum Gasteiger partial charge on any atom is 0.257 e. The Bertz CT molecular complexity index is 986. The molecule has 4 rings (SSSR count). The lowest BCUT2D eigenvalue weighted by Crippen LogP contribution is -2.23. The third-order valence-corrected chi connectivity index (χ3v) is 4.37. The van der Waals surface area contributed by atoms with Gasteiger partial charge < -0.3 is 10.2 Å². The predicted octanol–water partition coefficient (Wildman–Crippen LogP) is 3.76. The van der Waals surface area contributed by atoms with Crippen molar-refractivity contribution < 1.29 is 13.6 Å². The zero-order valence-electron chi connectivity index (χ0n) is 13.9. The normalized spacial score (nSPS) is 14.0. The molecular formula is C19H16F2N4O. The summed E-state index contributed by atoms with van der Waals surface area (Å²) in [5, 5.41) is 2.70. The summed E-state index contributed by atoms with van der Waals surface area (Å²) in [6.07, 6.45) is 2.09. The summed E-state index contributed by atoms with van der Waals surface area (Å²) in [6, 6.07) is 10.4. The fourth-order valence-corrected chi connectivity index (χ4v) is 3.04. The molecule has 1 aliphatic heterocycles. The Balaban J connectivity index is 1.72. The first kappa shape index (κ1) is 16.4. The maximum absolute atomic E-state index is 13.4. The van der Waals surface area contributed by atoms with Crippen LogP contribution >= 0.6 is 0 Å². The molecule has 26 heavy (non-hydrogen) atoms. The third kappa shape index (κ3) is 3.08. The standard InChI is InChI=1S/C19H16F2N4O/c20-13-8-7-12(11-14(13)21)19(26)24-17-18(25-9-3-4-10-25)23-16-6-2-1-5-15(16)22-17/h1-2,5-8,11H,3-4,9-10H2,(H,22,24,26). The molecule has 1 aromatic heterocycles. The highest BCUT2D eigenvalue weighted by Gasteiger charge is 2.21. The summed E-state index contributed by atoms with van der Waals surface area (Å²) in [5.41, 5.74) is 1.41. The van der Waals surface area contributed by atoms with Gasteiger partial charge in [-0.25, -0.2) is 18.7 Å². The molecule has 1 saturated heterocycles. The monoisotopic (exact) mass is 354 g/mol. The molecule has 2 heterocycles. The number of para-hydroxylation sites is 2. The number of hydrogen-bond donors (Lipinski definition) is 1. The number of fused-ring (bicyclic) bond motifs is 1. The summed E-state index contributed by atoms with van der Waals surface area (Å²) in [6.45, 7) is 1.67. The summed E-state index contributed by atoms with van der Waals surface area (Å²) in [4.78, 5) is 23.7. The zero-order valence-corrected chi connectivity index (χ0v) is 13.9. The van der Waals surface area contributed by atoms with Gasteiger partial charge in [0.05, 0.1) is 11.0 Å². The van der Waals surface area contributed by atoms with E-state index >= 15 is 0 Å². The zero-order chi connectivity index (χ0) is 18.1. The number of carbonyl (C=O) groups is 1. The fraction of sp³-hybridized carbons (Fsp3) is 0.211. The number of hydrogen-bond acceptors (Lipinski definition) is 4. The summed E-state index contributed by atoms with van der Waals surface area (Å²) >= 11 is 0. The van der Waals surface area contributed by atoms with Crippen LogP contribution in [0.1, 0.15) is 23.2 Å². The van der Waals surface area contributed by atoms with Gasteiger partial charge in [-0.15, -0.1) is 0 Å². The molecule has 5 nitrogen and oxygen atoms in total. The SMILES string of the molecule is O=C(Nc1nc2ccccc2nc1N1CCCC1)c1ccc(F)c(F)c1. The van der Waals surface area contributed by atoms with Crippen molar-refractivity contribution in [1.29, 1.82) is 0 Å². The first-order valence-corrected chi connectivity index (χ1v) is 8.40. The van der Waals surface area contributed by atoms with Crippen molar-refractivity contribution in [3.63, 3.8) is 0 Å². The van der Waals surface area contributed by atoms with Gasteiger partial charge in [-0.1, -0.05) is 12.1 Å². The van der Waals surface area contributed by atoms with Crippen LogP contribution in [0.15, 0.2) is 42.5 Å². The molecule has 132 valence electrons. The number of amides is 1. The second-order valence-electron chi connectivity index (χ2n) is 6.16. The van der Waals surface area contributed by atoms with Crippen LogP contribution in [0, 0.1) is 11.6 Å². The van der Waals surface area contributed by atoms with E-state index in [1.807, 2.05) is 24.3 Å². The van der Waals surface area contributed by atoms with E-state index in [1.165, 1.54) is 6.07 Å². The molecule has 0 spiro atoms. The molecule has 7 heteroatoms. The van der Waals surface area contributed by atoms with Crippen molar-refractivity contribution in [2.24, 2.45) is 0 Å². The molecule has 0 radical (unpaired) electrons. The minimum Gasteiger partial charge on any atom is -0.354 e. The molecule has 2 aromatic carbocycles. The molecular weight excluding hydrogens is 338 g/mol. The Hall–Kier alpha value is -3.09. The number of anilines is 2. The number of nitrogens with zero attached hydrogens (tertiary/aromatic N) is 3. The van der Waals surface area contributed by atoms with E-state index in [1.54, 1.807) is 0 Å². The minimum absolute atomic E-state index is 0.0197. The number of nitrogens with one attached hydrogen (secondary N) is 1. The molecule has 0 aliphatic carbocycles. The van der Waals surface area contributed by atoms with Gasteiger partial charge in [0.25, 0.3) is 5.91 Å². The smallest absolute Gasteiger partial charge is 0.257 e. The van der Waals surface area contributed by atoms with E-state index in [-0.39, 0.29) is 5.56 Å². The molecule has 1 N–H and O–H groups in total. The lowest BCUT2D eigenvalue weighted by atomic mass is 10.2. The van der Waals surface area contributed by atoms with Crippen LogP contribution in [0.3, 0.4) is 0 Å². The van der Waals surface area contributed by atoms with Crippen LogP contribution in [0.25, 0.3) is 11.0 Å². The second kappa shape index (κ2) is 6.67. The summed E-state index contributed by atoms with van der Waals surface area (Å²) in [7, 11) is 0. The van der Waals surface area contributed by atoms with E-state index in [0.29, 0.717) is 17.2 Å². The molecule has 1 amide bonds. The molecule has 0 bridgehead atoms. The minimum atomic E-state index is -1.07. The average Bonchev–Trinajstić information content (AvgIpc) is 3.18. The van der Waals surface area contributed by atoms with E-state index in [4.69, 9.17) is 0 Å². The van der Waals surface area contributed by atoms with Gasteiger partial charge in [-0.2, -0.15) is 0 Å². The summed E-state index contributed by atoms with van der Waals surface area (Å²) in [5.74, 6) is -1.71. The number of aromatic nitrogens is 2. The van der Waals surface area contributed by atoms with E-state index in [9.17, 15) is 13.6 Å². The van der Waals surface area contributed by atoms with Gasteiger partial charge in [-0.3, -0.25) is 4.79 Å². The first-order valence-electron chi connectivity index (χ1n) is 8.40. The highest BCUT2D eigenvalue weighted by Crippen LogP contribution is 2.28. The van der Waals surface area contributed by atoms with Crippen LogP contribution in [-0.4, -0.2) is 29.0 Å². The number of rotatable bonds is 3. The second-order valence-corrected chi connectivity index (χ2v) is 6.16. The van der Waals surface area contributed by atoms with E-state index in [2.05, 4.69) is 20.2 Å². The van der Waals surface area contributed by atoms with Gasteiger partial charge in [-0.05, 0) is 43.2 Å². The predicted molar refractivity (Wildman–Crippen MR) is 95.3 cm³/mol. The van der Waals surface area contributed by atoms with Crippen molar-refractivity contribution in [2.45, 2.75) is 12.8 Å². The Morgan fingerprint density at radius 3 is 2.35 bits per heavy atom. The fourth-order valence-electron chi connectivity index (χ4n) is 3.04. The quantitative estimate of drug-likeness (QED) is 0.778. The number of carbonyl (C=O) groups excluding carboxylic acids is 1. The molecule has 0 saturated carbocycles. The average molecular weight is 354 g/mol. The maximum atomic E-state index is 13.4. The Morgan fingerprint density at radius 1 is 0.962 bits per heavy atom. The highest BCUT2D eigenvalue weighted by atomic mass is 19.2. The summed E-state index contributed by atoms with van der Waals surface area (Å²) < 4.78 is 26.5. The lowest BCUT2D eigenvalue weighted by Gasteiger charge is -2.20. The van der Waals surface area contributed by atoms with Crippen LogP contribution in [0.2, 0.25) is 0 Å². The van der Waals surface area contributed by atoms with Crippen LogP contribution in [-0.2, 0) is 0 Å². The molecule has 0 unspecified atom stereocenters. The molecule has 1 fully saturated rings. The van der Waals surface area contributed by atoms with Gasteiger partial charge in [0.1, 0.15) is 0 Å². The third-order valence-electron chi connectivity index (χ3n) is 4.37.